The number of primary amides is 1. The molecule has 0 aromatic carbocycles. The number of nitrogens with two attached hydrogens (primary N) is 1. The van der Waals surface area contributed by atoms with E-state index in [4.69, 9.17) is 5.73 Å². The first kappa shape index (κ1) is 19.1. The van der Waals surface area contributed by atoms with Crippen molar-refractivity contribution >= 4 is 17.8 Å². The van der Waals surface area contributed by atoms with E-state index in [1.807, 2.05) is 23.1 Å². The van der Waals surface area contributed by atoms with Gasteiger partial charge in [0.2, 0.25) is 11.8 Å². The molecule has 0 unspecified atom stereocenters. The largest absolute Gasteiger partial charge is 0.352 e. The lowest BCUT2D eigenvalue weighted by molar-refractivity contribution is -0.142. The monoisotopic (exact) mass is 373 g/mol. The summed E-state index contributed by atoms with van der Waals surface area (Å²) in [6.07, 6.45) is 5.73. The van der Waals surface area contributed by atoms with Crippen molar-refractivity contribution in [3.05, 3.63) is 30.1 Å². The zero-order chi connectivity index (χ0) is 19.3. The average molecular weight is 373 g/mol. The summed E-state index contributed by atoms with van der Waals surface area (Å²) in [6.45, 7) is 2.55. The molecule has 2 saturated heterocycles. The van der Waals surface area contributed by atoms with Gasteiger partial charge in [-0.05, 0) is 31.4 Å². The van der Waals surface area contributed by atoms with Gasteiger partial charge in [0.15, 0.2) is 0 Å². The highest BCUT2D eigenvalue weighted by Crippen LogP contribution is 2.38. The molecule has 3 N–H and O–H groups in total. The molecule has 1 aromatic heterocycles. The molecule has 8 nitrogen and oxygen atoms in total. The van der Waals surface area contributed by atoms with Crippen molar-refractivity contribution in [3.63, 3.8) is 0 Å². The maximum atomic E-state index is 12.4. The van der Waals surface area contributed by atoms with E-state index in [0.717, 1.165) is 31.4 Å². The van der Waals surface area contributed by atoms with Crippen LogP contribution in [0.15, 0.2) is 24.4 Å². The lowest BCUT2D eigenvalue weighted by Crippen LogP contribution is -2.56. The number of urea groups is 1. The zero-order valence-electron chi connectivity index (χ0n) is 15.5. The molecule has 27 heavy (non-hydrogen) atoms. The Morgan fingerprint density at radius 2 is 2.11 bits per heavy atom. The Kier molecular flexibility index (Phi) is 5.93. The molecule has 8 heteroatoms. The maximum absolute atomic E-state index is 12.4. The number of nitrogens with one attached hydrogen (secondary N) is 1. The quantitative estimate of drug-likeness (QED) is 0.784. The highest BCUT2D eigenvalue weighted by Gasteiger charge is 2.42. The summed E-state index contributed by atoms with van der Waals surface area (Å²) in [4.78, 5) is 43.6. The predicted molar refractivity (Wildman–Crippen MR) is 99.6 cm³/mol. The highest BCUT2D eigenvalue weighted by atomic mass is 16.2. The van der Waals surface area contributed by atoms with Gasteiger partial charge in [0, 0.05) is 56.3 Å². The van der Waals surface area contributed by atoms with Gasteiger partial charge in [0.25, 0.3) is 0 Å². The summed E-state index contributed by atoms with van der Waals surface area (Å²) in [5, 5.41) is 2.36. The molecule has 3 rings (SSSR count). The van der Waals surface area contributed by atoms with E-state index in [9.17, 15) is 14.4 Å². The van der Waals surface area contributed by atoms with E-state index in [2.05, 4.69) is 10.3 Å². The second-order valence-electron chi connectivity index (χ2n) is 7.52. The van der Waals surface area contributed by atoms with Crippen LogP contribution in [0.5, 0.6) is 0 Å². The van der Waals surface area contributed by atoms with E-state index >= 15 is 0 Å². The molecule has 1 spiro atoms. The summed E-state index contributed by atoms with van der Waals surface area (Å²) in [5.41, 5.74) is 5.97. The predicted octanol–water partition coefficient (Wildman–Crippen LogP) is 0.524. The summed E-state index contributed by atoms with van der Waals surface area (Å²) >= 11 is 0. The van der Waals surface area contributed by atoms with Crippen LogP contribution in [0.1, 0.15) is 31.4 Å². The van der Waals surface area contributed by atoms with Gasteiger partial charge in [0.05, 0.1) is 6.54 Å². The summed E-state index contributed by atoms with van der Waals surface area (Å²) in [7, 11) is 0. The fraction of sp³-hybridized carbons (Fsp3) is 0.579. The number of likely N-dealkylation sites (tertiary alicyclic amines) is 2. The number of aromatic nitrogens is 1. The SMILES string of the molecule is NC(=O)NCC(=O)N1CCC[C@@]2(CCC(=O)N(CCc3ccccn3)C2)C1. The lowest BCUT2D eigenvalue weighted by atomic mass is 9.73. The number of nitrogens with zero attached hydrogens (tertiary/aromatic N) is 3. The minimum absolute atomic E-state index is 0.0569. The molecule has 2 aliphatic heterocycles. The van der Waals surface area contributed by atoms with Gasteiger partial charge in [-0.25, -0.2) is 4.79 Å². The fourth-order valence-corrected chi connectivity index (χ4v) is 4.13. The third-order valence-electron chi connectivity index (χ3n) is 5.54. The Morgan fingerprint density at radius 1 is 1.26 bits per heavy atom. The normalized spacial score (nSPS) is 22.7. The molecule has 4 amide bonds. The molecule has 3 heterocycles. The Balaban J connectivity index is 1.60. The van der Waals surface area contributed by atoms with E-state index in [1.54, 1.807) is 11.1 Å². The summed E-state index contributed by atoms with van der Waals surface area (Å²) in [5.74, 6) is 0.0558. The first-order chi connectivity index (χ1) is 13.0. The van der Waals surface area contributed by atoms with Crippen molar-refractivity contribution in [1.29, 1.82) is 0 Å². The van der Waals surface area contributed by atoms with E-state index in [1.165, 1.54) is 0 Å². The van der Waals surface area contributed by atoms with E-state index < -0.39 is 6.03 Å². The van der Waals surface area contributed by atoms with Crippen LogP contribution in [0.25, 0.3) is 0 Å². The molecule has 0 radical (unpaired) electrons. The number of pyridine rings is 1. The second-order valence-corrected chi connectivity index (χ2v) is 7.52. The van der Waals surface area contributed by atoms with Gasteiger partial charge in [-0.1, -0.05) is 6.07 Å². The lowest BCUT2D eigenvalue weighted by Gasteiger charge is -2.48. The molecule has 0 saturated carbocycles. The smallest absolute Gasteiger partial charge is 0.312 e. The number of carbonyl (C=O) groups is 3. The minimum Gasteiger partial charge on any atom is -0.352 e. The van der Waals surface area contributed by atoms with Crippen molar-refractivity contribution in [2.75, 3.05) is 32.7 Å². The van der Waals surface area contributed by atoms with Gasteiger partial charge in [-0.2, -0.15) is 0 Å². The molecule has 146 valence electrons. The molecular weight excluding hydrogens is 346 g/mol. The van der Waals surface area contributed by atoms with Crippen LogP contribution < -0.4 is 11.1 Å². The van der Waals surface area contributed by atoms with Gasteiger partial charge >= 0.3 is 6.03 Å². The van der Waals surface area contributed by atoms with Crippen LogP contribution in [0.4, 0.5) is 4.79 Å². The molecule has 0 bridgehead atoms. The fourth-order valence-electron chi connectivity index (χ4n) is 4.13. The Bertz CT molecular complexity index is 696. The van der Waals surface area contributed by atoms with Crippen molar-refractivity contribution in [2.45, 2.75) is 32.1 Å². The third kappa shape index (κ3) is 4.96. The number of hydrogen-bond acceptors (Lipinski definition) is 4. The number of piperidine rings is 2. The molecule has 1 aromatic rings. The molecule has 0 aliphatic carbocycles. The maximum Gasteiger partial charge on any atom is 0.312 e. The van der Waals surface area contributed by atoms with Gasteiger partial charge in [0.1, 0.15) is 0 Å². The van der Waals surface area contributed by atoms with Gasteiger partial charge in [-0.3, -0.25) is 14.6 Å². The van der Waals surface area contributed by atoms with Crippen LogP contribution in [0.2, 0.25) is 0 Å². The molecular formula is C19H27N5O3. The Hall–Kier alpha value is -2.64. The van der Waals surface area contributed by atoms with E-state index in [0.29, 0.717) is 32.6 Å². The molecule has 2 aliphatic rings. The van der Waals surface area contributed by atoms with Crippen LogP contribution in [-0.2, 0) is 16.0 Å². The number of carbonyl (C=O) groups excluding carboxylic acids is 3. The number of hydrogen-bond donors (Lipinski definition) is 2. The van der Waals surface area contributed by atoms with Gasteiger partial charge in [-0.15, -0.1) is 0 Å². The molecule has 1 atom stereocenters. The van der Waals surface area contributed by atoms with Crippen molar-refractivity contribution in [1.82, 2.24) is 20.1 Å². The van der Waals surface area contributed by atoms with Gasteiger partial charge < -0.3 is 20.9 Å². The Labute approximate surface area is 159 Å². The minimum atomic E-state index is -0.695. The summed E-state index contributed by atoms with van der Waals surface area (Å²) < 4.78 is 0. The second kappa shape index (κ2) is 8.37. The first-order valence-corrected chi connectivity index (χ1v) is 9.46. The topological polar surface area (TPSA) is 109 Å². The van der Waals surface area contributed by atoms with Crippen LogP contribution in [0, 0.1) is 5.41 Å². The van der Waals surface area contributed by atoms with Crippen molar-refractivity contribution in [2.24, 2.45) is 11.1 Å². The Morgan fingerprint density at radius 3 is 2.85 bits per heavy atom. The molecule has 2 fully saturated rings. The van der Waals surface area contributed by atoms with Crippen LogP contribution in [0.3, 0.4) is 0 Å². The first-order valence-electron chi connectivity index (χ1n) is 9.46. The zero-order valence-corrected chi connectivity index (χ0v) is 15.5. The standard InChI is InChI=1S/C19H27N5O3/c20-18(27)22-12-17(26)23-10-3-7-19(13-23)8-5-16(25)24(14-19)11-6-15-4-1-2-9-21-15/h1-2,4,9H,3,5-8,10-14H2,(H3,20,22,27)/t19-/m1/s1. The number of amides is 4. The van der Waals surface area contributed by atoms with Crippen LogP contribution >= 0.6 is 0 Å². The third-order valence-corrected chi connectivity index (χ3v) is 5.54. The summed E-state index contributed by atoms with van der Waals surface area (Å²) in [6, 6.07) is 5.11. The van der Waals surface area contributed by atoms with Crippen molar-refractivity contribution in [3.8, 4) is 0 Å². The number of rotatable bonds is 5. The van der Waals surface area contributed by atoms with Crippen molar-refractivity contribution < 1.29 is 14.4 Å². The van der Waals surface area contributed by atoms with E-state index in [-0.39, 0.29) is 23.8 Å². The average Bonchev–Trinajstić information content (AvgIpc) is 2.68. The highest BCUT2D eigenvalue weighted by molar-refractivity contribution is 5.83. The van der Waals surface area contributed by atoms with Crippen LogP contribution in [-0.4, -0.2) is 65.4 Å².